The first-order valence-electron chi connectivity index (χ1n) is 8.83. The van der Waals surface area contributed by atoms with Crippen molar-refractivity contribution in [2.45, 2.75) is 13.1 Å². The van der Waals surface area contributed by atoms with E-state index in [-0.39, 0.29) is 10.6 Å². The molecule has 3 aromatic rings. The Balaban J connectivity index is 1.78. The molecular weight excluding hydrogens is 450 g/mol. The Bertz CT molecular complexity index is 1140. The molecule has 0 saturated heterocycles. The van der Waals surface area contributed by atoms with Gasteiger partial charge in [-0.3, -0.25) is 4.79 Å². The van der Waals surface area contributed by atoms with Gasteiger partial charge in [-0.2, -0.15) is 5.26 Å². The molecule has 1 amide bonds. The van der Waals surface area contributed by atoms with Gasteiger partial charge in [-0.25, -0.2) is 0 Å². The third kappa shape index (κ3) is 3.69. The van der Waals surface area contributed by atoms with Gasteiger partial charge in [0.25, 0.3) is 5.91 Å². The van der Waals surface area contributed by atoms with E-state index in [1.54, 1.807) is 4.90 Å². The Kier molecular flexibility index (Phi) is 5.22. The largest absolute Gasteiger partial charge is 0.457 e. The molecule has 29 heavy (non-hydrogen) atoms. The van der Waals surface area contributed by atoms with Crippen molar-refractivity contribution in [1.29, 1.82) is 5.26 Å². The van der Waals surface area contributed by atoms with Crippen molar-refractivity contribution in [3.05, 3.63) is 87.1 Å². The number of hydrogen-bond acceptors (Lipinski definition) is 5. The number of nitrogens with one attached hydrogen (secondary N) is 1. The third-order valence-corrected chi connectivity index (χ3v) is 5.62. The number of benzene rings is 2. The molecule has 2 aromatic carbocycles. The topological polar surface area (TPSA) is 69.3 Å². The van der Waals surface area contributed by atoms with Gasteiger partial charge in [0.1, 0.15) is 23.2 Å². The van der Waals surface area contributed by atoms with E-state index in [4.69, 9.17) is 4.42 Å². The second-order valence-corrected chi connectivity index (χ2v) is 7.94. The van der Waals surface area contributed by atoms with Crippen molar-refractivity contribution in [2.24, 2.45) is 0 Å². The molecule has 2 heterocycles. The van der Waals surface area contributed by atoms with Crippen LogP contribution in [0.5, 0.6) is 0 Å². The molecule has 5 nitrogen and oxygen atoms in total. The van der Waals surface area contributed by atoms with E-state index in [0.29, 0.717) is 11.5 Å². The summed E-state index contributed by atoms with van der Waals surface area (Å²) in [5.74, 6) is 0.745. The van der Waals surface area contributed by atoms with Gasteiger partial charge in [0, 0.05) is 15.7 Å². The zero-order chi connectivity index (χ0) is 20.5. The molecule has 1 aromatic heterocycles. The molecule has 144 valence electrons. The van der Waals surface area contributed by atoms with Crippen LogP contribution in [0.4, 0.5) is 5.69 Å². The number of amides is 1. The summed E-state index contributed by atoms with van der Waals surface area (Å²) in [7, 11) is 0. The number of aryl methyl sites for hydroxylation is 1. The Morgan fingerprint density at radius 1 is 1.10 bits per heavy atom. The Labute approximate surface area is 182 Å². The van der Waals surface area contributed by atoms with Gasteiger partial charge < -0.3 is 14.6 Å². The molecule has 1 N–H and O–H groups in total. The smallest absolute Gasteiger partial charge is 0.266 e. The Hall–Kier alpha value is -2.95. The van der Waals surface area contributed by atoms with Crippen LogP contribution < -0.4 is 10.2 Å². The molecule has 4 rings (SSSR count). The molecular formula is C22H16BrN3O2S. The average molecular weight is 466 g/mol. The average Bonchev–Trinajstić information content (AvgIpc) is 3.19. The monoisotopic (exact) mass is 465 g/mol. The van der Waals surface area contributed by atoms with Crippen molar-refractivity contribution in [3.63, 3.8) is 0 Å². The third-order valence-electron chi connectivity index (χ3n) is 4.65. The van der Waals surface area contributed by atoms with Crippen LogP contribution in [-0.2, 0) is 4.79 Å². The molecule has 0 aliphatic carbocycles. The molecule has 7 heteroatoms. The maximum atomic E-state index is 12.5. The summed E-state index contributed by atoms with van der Waals surface area (Å²) in [5.41, 5.74) is 2.78. The maximum Gasteiger partial charge on any atom is 0.266 e. The molecule has 0 fully saturated rings. The summed E-state index contributed by atoms with van der Waals surface area (Å²) in [4.78, 5) is 14.2. The lowest BCUT2D eigenvalue weighted by Gasteiger charge is -2.36. The lowest BCUT2D eigenvalue weighted by molar-refractivity contribution is -0.118. The van der Waals surface area contributed by atoms with Crippen LogP contribution in [-0.4, -0.2) is 5.91 Å². The normalized spacial score (nSPS) is 16.6. The maximum absolute atomic E-state index is 12.5. The highest BCUT2D eigenvalue weighted by Crippen LogP contribution is 2.37. The van der Waals surface area contributed by atoms with Crippen LogP contribution >= 0.6 is 28.6 Å². The number of carbonyl (C=O) groups excluding carboxylic acids is 1. The Morgan fingerprint density at radius 3 is 2.45 bits per heavy atom. The summed E-state index contributed by atoms with van der Waals surface area (Å²) in [6.07, 6.45) is -0.626. The molecule has 1 atom stereocenters. The van der Waals surface area contributed by atoms with Crippen molar-refractivity contribution in [1.82, 2.24) is 5.32 Å². The van der Waals surface area contributed by atoms with Crippen LogP contribution in [0.3, 0.4) is 0 Å². The van der Waals surface area contributed by atoms with E-state index in [9.17, 15) is 10.1 Å². The van der Waals surface area contributed by atoms with Gasteiger partial charge in [0.15, 0.2) is 6.17 Å². The van der Waals surface area contributed by atoms with Gasteiger partial charge in [-0.05, 0) is 43.3 Å². The molecule has 1 aliphatic rings. The van der Waals surface area contributed by atoms with Crippen LogP contribution in [0, 0.1) is 18.3 Å². The van der Waals surface area contributed by atoms with Crippen LogP contribution in [0.2, 0.25) is 0 Å². The lowest BCUT2D eigenvalue weighted by Crippen LogP contribution is -2.45. The second kappa shape index (κ2) is 7.82. The van der Waals surface area contributed by atoms with E-state index in [1.165, 1.54) is 0 Å². The van der Waals surface area contributed by atoms with E-state index < -0.39 is 12.1 Å². The Morgan fingerprint density at radius 2 is 1.79 bits per heavy atom. The second-order valence-electron chi connectivity index (χ2n) is 6.60. The minimum absolute atomic E-state index is 0.0372. The quantitative estimate of drug-likeness (QED) is 0.513. The first-order chi connectivity index (χ1) is 14.0. The highest BCUT2D eigenvalue weighted by molar-refractivity contribution is 9.10. The number of anilines is 1. The first kappa shape index (κ1) is 19.4. The van der Waals surface area contributed by atoms with Crippen molar-refractivity contribution in [3.8, 4) is 17.4 Å². The molecule has 0 unspecified atom stereocenters. The lowest BCUT2D eigenvalue weighted by atomic mass is 10.1. The zero-order valence-corrected chi connectivity index (χ0v) is 17.9. The molecule has 0 bridgehead atoms. The predicted molar refractivity (Wildman–Crippen MR) is 118 cm³/mol. The fourth-order valence-corrected chi connectivity index (χ4v) is 3.80. The molecule has 0 radical (unpaired) electrons. The number of halogens is 1. The van der Waals surface area contributed by atoms with Crippen molar-refractivity contribution in [2.75, 3.05) is 4.90 Å². The van der Waals surface area contributed by atoms with Crippen molar-refractivity contribution < 1.29 is 9.21 Å². The number of furan rings is 1. The fourth-order valence-electron chi connectivity index (χ4n) is 3.15. The van der Waals surface area contributed by atoms with Gasteiger partial charge in [-0.1, -0.05) is 45.8 Å². The number of thiol groups is 1. The number of nitriles is 1. The number of carbonyl (C=O) groups is 1. The van der Waals surface area contributed by atoms with Crippen LogP contribution in [0.15, 0.2) is 80.2 Å². The van der Waals surface area contributed by atoms with E-state index >= 15 is 0 Å². The van der Waals surface area contributed by atoms with Gasteiger partial charge in [-0.15, -0.1) is 12.6 Å². The molecule has 0 spiro atoms. The van der Waals surface area contributed by atoms with Crippen LogP contribution in [0.25, 0.3) is 11.3 Å². The summed E-state index contributed by atoms with van der Waals surface area (Å²) >= 11 is 7.93. The highest BCUT2D eigenvalue weighted by Gasteiger charge is 2.35. The SMILES string of the molecule is Cc1ccc(N2C(S)=C(C#N)C(=O)N[C@H]2c2ccc(-c3ccc(Br)cc3)o2)cc1. The van der Waals surface area contributed by atoms with Gasteiger partial charge >= 0.3 is 0 Å². The van der Waals surface area contributed by atoms with Gasteiger partial charge in [0.2, 0.25) is 0 Å². The molecule has 0 saturated carbocycles. The van der Waals surface area contributed by atoms with E-state index in [1.807, 2.05) is 73.7 Å². The van der Waals surface area contributed by atoms with Crippen molar-refractivity contribution >= 4 is 40.2 Å². The summed E-state index contributed by atoms with van der Waals surface area (Å²) in [5, 5.41) is 12.5. The fraction of sp³-hybridized carbons (Fsp3) is 0.0909. The van der Waals surface area contributed by atoms with E-state index in [2.05, 4.69) is 33.9 Å². The number of rotatable bonds is 3. The standard InChI is InChI=1S/C22H16BrN3O2S/c1-13-2-8-16(9-3-13)26-20(25-21(27)17(12-24)22(26)29)19-11-10-18(28-19)14-4-6-15(23)7-5-14/h2-11,20,29H,1H3,(H,25,27)/t20-/m1/s1. The van der Waals surface area contributed by atoms with Crippen LogP contribution in [0.1, 0.15) is 17.5 Å². The minimum Gasteiger partial charge on any atom is -0.457 e. The minimum atomic E-state index is -0.626. The molecule has 1 aliphatic heterocycles. The summed E-state index contributed by atoms with van der Waals surface area (Å²) in [6, 6.07) is 21.2. The number of hydrogen-bond donors (Lipinski definition) is 2. The van der Waals surface area contributed by atoms with Gasteiger partial charge in [0.05, 0.1) is 5.03 Å². The predicted octanol–water partition coefficient (Wildman–Crippen LogP) is 5.32. The summed E-state index contributed by atoms with van der Waals surface area (Å²) in [6.45, 7) is 1.99. The zero-order valence-electron chi connectivity index (χ0n) is 15.4. The summed E-state index contributed by atoms with van der Waals surface area (Å²) < 4.78 is 7.06. The van der Waals surface area contributed by atoms with E-state index in [0.717, 1.165) is 21.3 Å². The highest BCUT2D eigenvalue weighted by atomic mass is 79.9. The first-order valence-corrected chi connectivity index (χ1v) is 10.1. The number of nitrogens with zero attached hydrogens (tertiary/aromatic N) is 2.